The minimum Gasteiger partial charge on any atom is -0.435 e. The average molecular weight is 969 g/mol. The van der Waals surface area contributed by atoms with Gasteiger partial charge in [0.1, 0.15) is 33.6 Å². The number of hydrogen-bond donors (Lipinski definition) is 0. The second-order valence-electron chi connectivity index (χ2n) is 26.0. The van der Waals surface area contributed by atoms with Gasteiger partial charge < -0.3 is 28.4 Å². The number of rotatable bonds is 8. The second-order valence-corrected chi connectivity index (χ2v) is 26.0. The van der Waals surface area contributed by atoms with E-state index in [1.54, 1.807) is 0 Å². The normalized spacial score (nSPS) is 56.0. The van der Waals surface area contributed by atoms with Crippen molar-refractivity contribution in [1.29, 1.82) is 0 Å². The summed E-state index contributed by atoms with van der Waals surface area (Å²) in [5, 5.41) is 0. The lowest BCUT2D eigenvalue weighted by Gasteiger charge is -2.60. The zero-order chi connectivity index (χ0) is 48.2. The Kier molecular flexibility index (Phi) is 11.7. The maximum Gasteiger partial charge on any atom is 0.312 e. The molecule has 6 saturated carbocycles. The third-order valence-electron chi connectivity index (χ3n) is 21.8. The summed E-state index contributed by atoms with van der Waals surface area (Å²) in [6.07, 6.45) is 8.75. The highest BCUT2D eigenvalue weighted by atomic mass is 17.2. The van der Waals surface area contributed by atoms with Crippen molar-refractivity contribution in [2.24, 2.45) is 76.9 Å². The molecule has 69 heavy (non-hydrogen) atoms. The van der Waals surface area contributed by atoms with E-state index >= 15 is 0 Å². The van der Waals surface area contributed by atoms with Gasteiger partial charge in [-0.05, 0) is 133 Å². The van der Waals surface area contributed by atoms with Crippen LogP contribution >= 0.6 is 0 Å². The molecule has 0 aromatic rings. The molecule has 15 nitrogen and oxygen atoms in total. The van der Waals surface area contributed by atoms with Crippen LogP contribution in [0.15, 0.2) is 0 Å². The number of esters is 3. The molecule has 3 spiro atoms. The lowest BCUT2D eigenvalue weighted by Crippen LogP contribution is -2.69. The van der Waals surface area contributed by atoms with Gasteiger partial charge in [-0.25, -0.2) is 29.3 Å². The van der Waals surface area contributed by atoms with Crippen molar-refractivity contribution in [2.45, 2.75) is 242 Å². The molecule has 9 aliphatic heterocycles. The molecule has 9 saturated heterocycles. The minimum absolute atomic E-state index is 0.0178. The van der Waals surface area contributed by atoms with Gasteiger partial charge in [0.2, 0.25) is 18.9 Å². The molecule has 386 valence electrons. The Morgan fingerprint density at radius 2 is 0.754 bits per heavy atom. The predicted molar refractivity (Wildman–Crippen MR) is 242 cm³/mol. The fraction of sp³-hybridized carbons (Fsp3) is 0.944. The summed E-state index contributed by atoms with van der Waals surface area (Å²) in [6, 6.07) is 0. The van der Waals surface area contributed by atoms with Crippen LogP contribution in [0.3, 0.4) is 0 Å². The first kappa shape index (κ1) is 48.0. The average Bonchev–Trinajstić information content (AvgIpc) is 3.79. The van der Waals surface area contributed by atoms with Gasteiger partial charge in [-0.3, -0.25) is 14.4 Å². The van der Waals surface area contributed by atoms with Crippen LogP contribution in [0.4, 0.5) is 0 Å². The Hall–Kier alpha value is -1.95. The maximum atomic E-state index is 14.9. The van der Waals surface area contributed by atoms with Crippen LogP contribution in [0.2, 0.25) is 0 Å². The van der Waals surface area contributed by atoms with Gasteiger partial charge in [0.15, 0.2) is 0 Å². The summed E-state index contributed by atoms with van der Waals surface area (Å²) in [6.45, 7) is 19.3. The lowest BCUT2D eigenvalue weighted by atomic mass is 9.56. The molecular formula is C54H80O15. The van der Waals surface area contributed by atoms with E-state index in [4.69, 9.17) is 57.7 Å². The monoisotopic (exact) mass is 969 g/mol. The van der Waals surface area contributed by atoms with Crippen LogP contribution in [0, 0.1) is 76.9 Å². The van der Waals surface area contributed by atoms with Crippen molar-refractivity contribution in [1.82, 2.24) is 0 Å². The SMILES string of the molecule is C[C@@H]1CC[C@H]2[C@@H](C)C(OC(=O)CC(CC(=O)OC3O[C@@H]4CC5(C)CC[C@H]6[C@H](C)CC[C@@H]([C@H]3C)[C@@]46OO5)C(=O)OC3O[C@@H]4CC5(C)CC[C@H]6[C@H](C)CC[C@@H]([C@H]3C)[C@@]46OO5)O[C@@H]3CC4(C)CC[C@@H]1[C@]32OO4. The standard InChI is InChI=1S/C54H80O15/c1-27-10-13-37-30(4)46(58-40-24-49(7)19-16-34(27)52(37,40)67-64-49)61-43(55)22-33(45(57)63-48-32(6)39-15-12-29(3)36-18-21-51(9)26-42(60-48)54(36,39)69-66-51)23-44(56)62-47-31(5)38-14-11-28(2)35-17-20-50(8)25-41(59-47)53(35,38)68-65-50/h27-42,46-48H,10-26H2,1-9H3/t27-,28-,29-,30-,31-,32-,33?,34+,35+,36+,37+,38+,39+,40-,41-,42-,46?,47?,48?,49?,50?,51?,52-,53-,54-/m1/s1. The van der Waals surface area contributed by atoms with E-state index in [9.17, 15) is 14.4 Å². The molecule has 6 aliphatic carbocycles. The van der Waals surface area contributed by atoms with Crippen molar-refractivity contribution in [2.75, 3.05) is 0 Å². The first-order valence-corrected chi connectivity index (χ1v) is 27.5. The van der Waals surface area contributed by atoms with Gasteiger partial charge >= 0.3 is 17.9 Å². The number of carbonyl (C=O) groups excluding carboxylic acids is 3. The summed E-state index contributed by atoms with van der Waals surface area (Å²) in [4.78, 5) is 81.8. The van der Waals surface area contributed by atoms with Gasteiger partial charge in [0.25, 0.3) is 0 Å². The summed E-state index contributed by atoms with van der Waals surface area (Å²) >= 11 is 0. The first-order chi connectivity index (χ1) is 32.8. The van der Waals surface area contributed by atoms with E-state index in [0.29, 0.717) is 37.0 Å². The maximum absolute atomic E-state index is 14.9. The highest BCUT2D eigenvalue weighted by Crippen LogP contribution is 2.65. The molecule has 6 bridgehead atoms. The van der Waals surface area contributed by atoms with Crippen LogP contribution in [0.25, 0.3) is 0 Å². The Bertz CT molecular complexity index is 1940. The van der Waals surface area contributed by atoms with E-state index < -0.39 is 89.1 Å². The predicted octanol–water partition coefficient (Wildman–Crippen LogP) is 9.01. The highest BCUT2D eigenvalue weighted by Gasteiger charge is 2.72. The van der Waals surface area contributed by atoms with Crippen LogP contribution in [0.1, 0.15) is 171 Å². The summed E-state index contributed by atoms with van der Waals surface area (Å²) in [5.41, 5.74) is -3.41. The first-order valence-electron chi connectivity index (χ1n) is 27.5. The largest absolute Gasteiger partial charge is 0.435 e. The van der Waals surface area contributed by atoms with E-state index in [-0.39, 0.29) is 71.6 Å². The molecule has 24 atom stereocenters. The second kappa shape index (κ2) is 16.8. The molecule has 0 N–H and O–H groups in total. The Labute approximate surface area is 408 Å². The van der Waals surface area contributed by atoms with Crippen LogP contribution < -0.4 is 0 Å². The smallest absolute Gasteiger partial charge is 0.312 e. The van der Waals surface area contributed by atoms with Gasteiger partial charge in [-0.15, -0.1) is 0 Å². The van der Waals surface area contributed by atoms with Gasteiger partial charge in [-0.1, -0.05) is 41.5 Å². The topological polar surface area (TPSA) is 162 Å². The number of fused-ring (bicyclic) bond motifs is 6. The summed E-state index contributed by atoms with van der Waals surface area (Å²) < 4.78 is 39.6. The fourth-order valence-electron chi connectivity index (χ4n) is 17.9. The zero-order valence-corrected chi connectivity index (χ0v) is 42.6. The van der Waals surface area contributed by atoms with Crippen LogP contribution in [-0.2, 0) is 72.1 Å². The van der Waals surface area contributed by atoms with E-state index in [1.807, 2.05) is 0 Å². The molecule has 9 heterocycles. The molecule has 15 heteroatoms. The lowest BCUT2D eigenvalue weighted by molar-refractivity contribution is -0.494. The number of ether oxygens (including phenoxy) is 6. The summed E-state index contributed by atoms with van der Waals surface area (Å²) in [7, 11) is 0. The Morgan fingerprint density at radius 1 is 0.435 bits per heavy atom. The van der Waals surface area contributed by atoms with E-state index in [1.165, 1.54) is 0 Å². The van der Waals surface area contributed by atoms with E-state index in [2.05, 4.69) is 62.3 Å². The zero-order valence-electron chi connectivity index (χ0n) is 42.6. The van der Waals surface area contributed by atoms with Crippen molar-refractivity contribution >= 4 is 17.9 Å². The number of carbonyl (C=O) groups is 3. The highest BCUT2D eigenvalue weighted by molar-refractivity contribution is 5.84. The van der Waals surface area contributed by atoms with Crippen LogP contribution in [0.5, 0.6) is 0 Å². The molecule has 15 aliphatic rings. The third-order valence-corrected chi connectivity index (χ3v) is 21.8. The van der Waals surface area contributed by atoms with Crippen molar-refractivity contribution in [3.8, 4) is 0 Å². The quantitative estimate of drug-likeness (QED) is 0.129. The van der Waals surface area contributed by atoms with Crippen LogP contribution in [-0.4, -0.2) is 88.7 Å². The third kappa shape index (κ3) is 7.27. The van der Waals surface area contributed by atoms with E-state index in [0.717, 1.165) is 77.0 Å². The Balaban J connectivity index is 0.792. The van der Waals surface area contributed by atoms with Gasteiger partial charge in [-0.2, -0.15) is 0 Å². The fourth-order valence-corrected chi connectivity index (χ4v) is 17.9. The molecule has 0 radical (unpaired) electrons. The van der Waals surface area contributed by atoms with Crippen molar-refractivity contribution in [3.63, 3.8) is 0 Å². The molecule has 6 unspecified atom stereocenters. The Morgan fingerprint density at radius 3 is 1.09 bits per heavy atom. The molecule has 15 rings (SSSR count). The molecule has 0 aromatic heterocycles. The molecule has 15 fully saturated rings. The number of hydrogen-bond acceptors (Lipinski definition) is 15. The van der Waals surface area contributed by atoms with Crippen molar-refractivity contribution < 1.29 is 72.1 Å². The van der Waals surface area contributed by atoms with Gasteiger partial charge in [0, 0.05) is 54.8 Å². The minimum atomic E-state index is -1.23. The molecular weight excluding hydrogens is 889 g/mol. The van der Waals surface area contributed by atoms with Crippen molar-refractivity contribution in [3.05, 3.63) is 0 Å². The summed E-state index contributed by atoms with van der Waals surface area (Å²) in [5.74, 6) is -1.69. The van der Waals surface area contributed by atoms with Gasteiger partial charge in [0.05, 0.1) is 37.1 Å². The molecule has 0 amide bonds. The molecule has 0 aromatic carbocycles.